The number of aliphatic hydroxyl groups excluding tert-OH is 1. The minimum absolute atomic E-state index is 0.164. The van der Waals surface area contributed by atoms with Crippen LogP contribution in [0.4, 0.5) is 24.0 Å². The van der Waals surface area contributed by atoms with Gasteiger partial charge in [0.25, 0.3) is 26.8 Å². The van der Waals surface area contributed by atoms with Gasteiger partial charge in [0.1, 0.15) is 81.2 Å². The van der Waals surface area contributed by atoms with Crippen molar-refractivity contribution >= 4 is 89.9 Å². The van der Waals surface area contributed by atoms with Crippen molar-refractivity contribution < 1.29 is 127 Å². The average molecular weight is 1980 g/mol. The van der Waals surface area contributed by atoms with Crippen LogP contribution in [0.25, 0.3) is 0 Å². The summed E-state index contributed by atoms with van der Waals surface area (Å²) in [5.41, 5.74) is 3.61. The minimum Gasteiger partial charge on any atom is -0.457 e. The standard InChI is InChI=1S/C106H117N5O27SSi2/c1-67-54-56-75(57-55-67)139(120,121)127-65-84-88(114)93(129-68(2)112)86(109-101(116)124-62-71-38-20-10-21-39-71)98(132-84)136-90-81(107-100(115)123-61-70-36-18-9-19-37-70)58-82-91(138-103(118)108-82)95(90)137-97-80(59-106(7,8)140(122,76-46-28-14-29-47-76)77-48-30-15-31-49-77)89(85(133-97)66-128-141(105(4,5)6,78-50-32-16-33-51-78)79-52-34-17-35-53-79)135-99-87(110-102(117)125-63-72-40-22-11-23-41-72)94(130-69(3)113)92-83(131-99)60-111(96(134-92)74-44-26-13-27-45-74)104(119)126-64-73-42-24-12-25-43-73/h9-57,80-99,114,122H,58-66H2,1-8H3,(H,107,115)(H,108,118)(H,109,116)(H,110,117)/t80-,81+,82-,83+,84-,85-,86-,87-,88-,89+,90-,91+,92-,93+,94-,95+,96?,97+,98-,99-/m1/s1. The molecule has 6 fully saturated rings. The van der Waals surface area contributed by atoms with Crippen LogP contribution >= 0.6 is 0 Å². The average Bonchev–Trinajstić information content (AvgIpc) is 1.71. The number of aryl methyl sites for hydroxylation is 1. The third kappa shape index (κ3) is 23.8. The number of fused-ring (bicyclic) bond motifs is 2. The van der Waals surface area contributed by atoms with E-state index in [1.54, 1.807) is 146 Å². The zero-order valence-corrected chi connectivity index (χ0v) is 82.0. The normalized spacial score (nSPS) is 25.6. The fourth-order valence-electron chi connectivity index (χ4n) is 19.7. The molecule has 5 aliphatic heterocycles. The number of aliphatic hydroxyl groups is 1. The molecule has 0 spiro atoms. The van der Waals surface area contributed by atoms with E-state index in [9.17, 15) is 37.5 Å². The van der Waals surface area contributed by atoms with Gasteiger partial charge in [-0.05, 0) is 85.0 Å². The van der Waals surface area contributed by atoms with Crippen molar-refractivity contribution in [2.75, 3.05) is 19.8 Å². The number of benzene rings is 10. The van der Waals surface area contributed by atoms with Gasteiger partial charge in [-0.1, -0.05) is 325 Å². The van der Waals surface area contributed by atoms with Crippen LogP contribution in [0.3, 0.4) is 0 Å². The fourth-order valence-corrected chi connectivity index (χ4v) is 28.9. The molecule has 32 nitrogen and oxygen atoms in total. The first-order valence-electron chi connectivity index (χ1n) is 47.0. The predicted molar refractivity (Wildman–Crippen MR) is 518 cm³/mol. The van der Waals surface area contributed by atoms with Gasteiger partial charge in [-0.3, -0.25) is 18.7 Å². The van der Waals surface area contributed by atoms with Gasteiger partial charge < -0.3 is 102 Å². The molecule has 35 heteroatoms. The molecular formula is C106H117N5O27SSi2. The summed E-state index contributed by atoms with van der Waals surface area (Å²) in [5.74, 6) is -3.21. The third-order valence-corrected chi connectivity index (χ3v) is 37.2. The number of esters is 2. The smallest absolute Gasteiger partial charge is 0.412 e. The molecule has 5 heterocycles. The van der Waals surface area contributed by atoms with Gasteiger partial charge in [0.15, 0.2) is 43.4 Å². The summed E-state index contributed by atoms with van der Waals surface area (Å²) < 4.78 is 138. The minimum atomic E-state index is -4.71. The van der Waals surface area contributed by atoms with E-state index in [0.717, 1.165) is 22.9 Å². The van der Waals surface area contributed by atoms with Crippen LogP contribution in [0.5, 0.6) is 0 Å². The Morgan fingerprint density at radius 1 is 0.475 bits per heavy atom. The highest BCUT2D eigenvalue weighted by molar-refractivity contribution is 7.86. The van der Waals surface area contributed by atoms with Crippen LogP contribution in [0.2, 0.25) is 10.1 Å². The van der Waals surface area contributed by atoms with Crippen LogP contribution in [0, 0.1) is 12.8 Å². The van der Waals surface area contributed by atoms with E-state index >= 15 is 14.4 Å². The second kappa shape index (κ2) is 45.1. The van der Waals surface area contributed by atoms with Crippen LogP contribution in [-0.4, -0.2) is 212 Å². The largest absolute Gasteiger partial charge is 0.457 e. The maximum atomic E-state index is 15.3. The second-order valence-electron chi connectivity index (χ2n) is 37.5. The number of alkyl carbamates (subject to hydrolysis) is 4. The number of amides is 5. The monoisotopic (exact) mass is 1980 g/mol. The first-order chi connectivity index (χ1) is 67.9. The lowest BCUT2D eigenvalue weighted by atomic mass is 9.83. The number of rotatable bonds is 34. The first-order valence-corrected chi connectivity index (χ1v) is 52.2. The molecule has 10 aromatic rings. The van der Waals surface area contributed by atoms with Crippen molar-refractivity contribution in [1.82, 2.24) is 26.2 Å². The Labute approximate surface area is 820 Å². The molecule has 1 aliphatic carbocycles. The van der Waals surface area contributed by atoms with E-state index in [4.69, 9.17) is 74.9 Å². The summed E-state index contributed by atoms with van der Waals surface area (Å²) in [6.45, 7) is 11.3. The van der Waals surface area contributed by atoms with Crippen molar-refractivity contribution in [3.8, 4) is 0 Å². The molecular weight excluding hydrogens is 1860 g/mol. The molecule has 5 amide bonds. The van der Waals surface area contributed by atoms with Gasteiger partial charge in [-0.25, -0.2) is 24.0 Å². The lowest BCUT2D eigenvalue weighted by molar-refractivity contribution is -0.322. The molecule has 742 valence electrons. The summed E-state index contributed by atoms with van der Waals surface area (Å²) >= 11 is 0. The van der Waals surface area contributed by atoms with Gasteiger partial charge >= 0.3 is 42.4 Å². The molecule has 0 aromatic heterocycles. The first kappa shape index (κ1) is 101. The third-order valence-electron chi connectivity index (χ3n) is 26.4. The van der Waals surface area contributed by atoms with Gasteiger partial charge in [0.2, 0.25) is 0 Å². The SMILES string of the molecule is CC(=O)O[C@@H]1[C@H](O)[C@@H](COS(=O)(=O)c2ccc(C)cc2)O[C@H](O[C@H]2[C@H](O[C@@H]3O[C@H](CO[Si](c4ccccc4)(c4ccccc4)C(C)(C)C)[C@@H](O[C@H]4O[C@H]5CN(C(=O)OCc6ccccc6)C(c6ccccc6)O[C@H]5[C@H](OC(C)=O)[C@H]4NC(=O)OCc4ccccc4)[C@H]3CC(C)(C)[Si](O)(c3ccccc3)c3ccccc3)[C@H]3OC(=O)N[C@@H]3C[C@@H]2NC(=O)OCc2ccccc2)[C@@H]1NC(=O)OCc1ccccc1. The second-order valence-corrected chi connectivity index (χ2v) is 47.3. The summed E-state index contributed by atoms with van der Waals surface area (Å²) in [7, 11) is -12.9. The van der Waals surface area contributed by atoms with Crippen molar-refractivity contribution in [2.45, 2.75) is 226 Å². The molecule has 6 N–H and O–H groups in total. The molecule has 141 heavy (non-hydrogen) atoms. The zero-order valence-electron chi connectivity index (χ0n) is 79.2. The Balaban J connectivity index is 0.887. The lowest BCUT2D eigenvalue weighted by Gasteiger charge is -2.52. The van der Waals surface area contributed by atoms with Crippen LogP contribution < -0.4 is 42.0 Å². The maximum Gasteiger partial charge on any atom is 0.412 e. The van der Waals surface area contributed by atoms with Crippen molar-refractivity contribution in [3.05, 3.63) is 331 Å². The van der Waals surface area contributed by atoms with Crippen molar-refractivity contribution in [3.63, 3.8) is 0 Å². The summed E-state index contributed by atoms with van der Waals surface area (Å²) in [4.78, 5) is 119. The number of carbonyl (C=O) groups is 7. The Bertz CT molecular complexity index is 5890. The molecule has 20 atom stereocenters. The topological polar surface area (TPSA) is 393 Å². The number of hydrogen-bond acceptors (Lipinski definition) is 27. The zero-order chi connectivity index (χ0) is 99.2. The number of nitrogens with zero attached hydrogens (tertiary/aromatic N) is 1. The molecule has 0 bridgehead atoms. The van der Waals surface area contributed by atoms with Gasteiger partial charge in [-0.2, -0.15) is 8.42 Å². The molecule has 0 radical (unpaired) electrons. The molecule has 1 saturated carbocycles. The quantitative estimate of drug-likeness (QED) is 0.00944. The van der Waals surface area contributed by atoms with E-state index in [1.807, 2.05) is 159 Å². The Morgan fingerprint density at radius 3 is 1.39 bits per heavy atom. The highest BCUT2D eigenvalue weighted by atomic mass is 32.2. The van der Waals surface area contributed by atoms with Crippen molar-refractivity contribution in [1.29, 1.82) is 0 Å². The Morgan fingerprint density at radius 2 is 0.901 bits per heavy atom. The van der Waals surface area contributed by atoms with E-state index in [0.29, 0.717) is 38.2 Å². The number of carbonyl (C=O) groups excluding carboxylic acids is 7. The van der Waals surface area contributed by atoms with E-state index in [1.165, 1.54) is 24.0 Å². The van der Waals surface area contributed by atoms with Crippen molar-refractivity contribution in [2.24, 2.45) is 5.92 Å². The molecule has 1 unspecified atom stereocenters. The number of hydrogen-bond donors (Lipinski definition) is 6. The summed E-state index contributed by atoms with van der Waals surface area (Å²) in [6, 6.07) is 81.7. The summed E-state index contributed by atoms with van der Waals surface area (Å²) in [6.07, 6.45) is -30.9. The van der Waals surface area contributed by atoms with E-state index < -0.39 is 215 Å². The van der Waals surface area contributed by atoms with Gasteiger partial charge in [-0.15, -0.1) is 0 Å². The summed E-state index contributed by atoms with van der Waals surface area (Å²) in [5, 5.41) is 25.0. The molecule has 6 aliphatic rings. The van der Waals surface area contributed by atoms with Gasteiger partial charge in [0.05, 0.1) is 42.8 Å². The Hall–Kier alpha value is -12.6. The van der Waals surface area contributed by atoms with Crippen LogP contribution in [-0.2, 0) is 121 Å². The molecule has 10 aromatic carbocycles. The van der Waals surface area contributed by atoms with E-state index in [2.05, 4.69) is 42.0 Å². The van der Waals surface area contributed by atoms with Crippen LogP contribution in [0.15, 0.2) is 302 Å². The number of nitrogens with one attached hydrogen (secondary N) is 4. The number of ether oxygens (including phenoxy) is 14. The van der Waals surface area contributed by atoms with Crippen LogP contribution in [0.1, 0.15) is 101 Å². The maximum absolute atomic E-state index is 15.3. The predicted octanol–water partition coefficient (Wildman–Crippen LogP) is 11.9. The highest BCUT2D eigenvalue weighted by Gasteiger charge is 2.64. The van der Waals surface area contributed by atoms with E-state index in [-0.39, 0.29) is 50.7 Å². The molecule has 16 rings (SSSR count). The lowest BCUT2D eigenvalue weighted by Crippen LogP contribution is -2.70. The fraction of sp³-hybridized carbons (Fsp3) is 0.368. The highest BCUT2D eigenvalue weighted by Crippen LogP contribution is 2.51. The molecule has 5 saturated heterocycles. The van der Waals surface area contributed by atoms with Gasteiger partial charge in [0, 0.05) is 25.3 Å². The Kier molecular flexibility index (Phi) is 32.5.